The normalized spacial score (nSPS) is 13.3. The highest BCUT2D eigenvalue weighted by atomic mass is 32.1. The maximum Gasteiger partial charge on any atom is 0.246 e. The molecule has 0 radical (unpaired) electrons. The number of carbonyl (C=O) groups excluding carboxylic acids is 1. The van der Waals surface area contributed by atoms with Gasteiger partial charge in [-0.15, -0.1) is 0 Å². The van der Waals surface area contributed by atoms with Crippen LogP contribution < -0.4 is 11.1 Å². The summed E-state index contributed by atoms with van der Waals surface area (Å²) < 4.78 is 5.31. The van der Waals surface area contributed by atoms with Crippen LogP contribution in [0.4, 0.5) is 0 Å². The van der Waals surface area contributed by atoms with Crippen LogP contribution in [-0.4, -0.2) is 29.6 Å². The van der Waals surface area contributed by atoms with Crippen molar-refractivity contribution in [2.75, 3.05) is 13.2 Å². The molecule has 0 aromatic carbocycles. The van der Waals surface area contributed by atoms with E-state index in [4.69, 9.17) is 22.7 Å². The Balaban J connectivity index is 3.72. The van der Waals surface area contributed by atoms with Crippen molar-refractivity contribution in [3.8, 4) is 0 Å². The summed E-state index contributed by atoms with van der Waals surface area (Å²) in [7, 11) is 0. The summed E-state index contributed by atoms with van der Waals surface area (Å²) in [5, 5.41) is 2.70. The van der Waals surface area contributed by atoms with Crippen molar-refractivity contribution in [2.45, 2.75) is 33.3 Å². The quantitative estimate of drug-likeness (QED) is 0.689. The SMILES string of the molecule is CC(CNC(=O)COC(C)(C)C)C(N)=S. The molecule has 88 valence electrons. The van der Waals surface area contributed by atoms with E-state index in [-0.39, 0.29) is 24.0 Å². The van der Waals surface area contributed by atoms with Crippen molar-refractivity contribution in [2.24, 2.45) is 11.7 Å². The molecule has 0 aliphatic rings. The first-order valence-electron chi connectivity index (χ1n) is 4.92. The fraction of sp³-hybridized carbons (Fsp3) is 0.800. The number of ether oxygens (including phenoxy) is 1. The van der Waals surface area contributed by atoms with Gasteiger partial charge in [-0.3, -0.25) is 4.79 Å². The highest BCUT2D eigenvalue weighted by molar-refractivity contribution is 7.80. The highest BCUT2D eigenvalue weighted by Gasteiger charge is 2.13. The third-order valence-electron chi connectivity index (χ3n) is 1.73. The van der Waals surface area contributed by atoms with Gasteiger partial charge in [0.05, 0.1) is 10.6 Å². The Morgan fingerprint density at radius 1 is 1.53 bits per heavy atom. The summed E-state index contributed by atoms with van der Waals surface area (Å²) in [5.74, 6) is -0.133. The van der Waals surface area contributed by atoms with Crippen molar-refractivity contribution >= 4 is 23.1 Å². The lowest BCUT2D eigenvalue weighted by Gasteiger charge is -2.19. The van der Waals surface area contributed by atoms with Gasteiger partial charge in [0.15, 0.2) is 0 Å². The van der Waals surface area contributed by atoms with E-state index >= 15 is 0 Å². The summed E-state index contributed by atoms with van der Waals surface area (Å²) in [5.41, 5.74) is 5.11. The molecule has 0 spiro atoms. The fourth-order valence-electron chi connectivity index (χ4n) is 0.701. The zero-order chi connectivity index (χ0) is 12.1. The van der Waals surface area contributed by atoms with Gasteiger partial charge < -0.3 is 15.8 Å². The van der Waals surface area contributed by atoms with Gasteiger partial charge >= 0.3 is 0 Å². The van der Waals surface area contributed by atoms with Crippen LogP contribution in [0.1, 0.15) is 27.7 Å². The maximum absolute atomic E-state index is 11.3. The molecule has 4 nitrogen and oxygen atoms in total. The molecule has 0 aliphatic heterocycles. The lowest BCUT2D eigenvalue weighted by atomic mass is 10.2. The van der Waals surface area contributed by atoms with E-state index < -0.39 is 0 Å². The van der Waals surface area contributed by atoms with E-state index in [1.54, 1.807) is 0 Å². The Morgan fingerprint density at radius 2 is 2.07 bits per heavy atom. The first kappa shape index (κ1) is 14.3. The summed E-state index contributed by atoms with van der Waals surface area (Å²) in [6, 6.07) is 0. The molecule has 0 rings (SSSR count). The molecule has 0 aromatic heterocycles. The Labute approximate surface area is 96.5 Å². The number of carbonyl (C=O) groups is 1. The van der Waals surface area contributed by atoms with Gasteiger partial charge in [0, 0.05) is 12.5 Å². The van der Waals surface area contributed by atoms with Crippen LogP contribution in [0.3, 0.4) is 0 Å². The van der Waals surface area contributed by atoms with Crippen LogP contribution in [0, 0.1) is 5.92 Å². The number of hydrogen-bond donors (Lipinski definition) is 2. The van der Waals surface area contributed by atoms with Crippen LogP contribution in [0.5, 0.6) is 0 Å². The minimum absolute atomic E-state index is 0.0126. The number of nitrogens with two attached hydrogens (primary N) is 1. The Bertz CT molecular complexity index is 236. The minimum atomic E-state index is -0.299. The highest BCUT2D eigenvalue weighted by Crippen LogP contribution is 2.05. The topological polar surface area (TPSA) is 64.3 Å². The van der Waals surface area contributed by atoms with Gasteiger partial charge in [0.1, 0.15) is 6.61 Å². The molecular weight excluding hydrogens is 212 g/mol. The zero-order valence-corrected chi connectivity index (χ0v) is 10.6. The van der Waals surface area contributed by atoms with Gasteiger partial charge in [-0.1, -0.05) is 19.1 Å². The molecule has 0 saturated carbocycles. The van der Waals surface area contributed by atoms with E-state index in [2.05, 4.69) is 5.32 Å². The third-order valence-corrected chi connectivity index (χ3v) is 2.13. The van der Waals surface area contributed by atoms with E-state index in [0.29, 0.717) is 11.5 Å². The first-order chi connectivity index (χ1) is 6.72. The van der Waals surface area contributed by atoms with Gasteiger partial charge in [-0.25, -0.2) is 0 Å². The summed E-state index contributed by atoms with van der Waals surface area (Å²) >= 11 is 4.79. The van der Waals surface area contributed by atoms with Gasteiger partial charge in [0.25, 0.3) is 0 Å². The molecule has 0 aliphatic carbocycles. The Morgan fingerprint density at radius 3 is 2.47 bits per heavy atom. The summed E-state index contributed by atoms with van der Waals surface area (Å²) in [4.78, 5) is 11.7. The molecule has 1 amide bonds. The minimum Gasteiger partial charge on any atom is -0.393 e. The molecule has 3 N–H and O–H groups in total. The first-order valence-corrected chi connectivity index (χ1v) is 5.33. The molecule has 1 atom stereocenters. The van der Waals surface area contributed by atoms with Crippen LogP contribution in [0.15, 0.2) is 0 Å². The molecule has 0 heterocycles. The smallest absolute Gasteiger partial charge is 0.246 e. The number of thiocarbonyl (C=S) groups is 1. The monoisotopic (exact) mass is 232 g/mol. The van der Waals surface area contributed by atoms with E-state index in [0.717, 1.165) is 0 Å². The zero-order valence-electron chi connectivity index (χ0n) is 9.79. The van der Waals surface area contributed by atoms with Crippen LogP contribution in [0.25, 0.3) is 0 Å². The molecule has 0 fully saturated rings. The number of hydrogen-bond acceptors (Lipinski definition) is 3. The second-order valence-electron chi connectivity index (χ2n) is 4.51. The molecule has 0 saturated heterocycles. The number of amides is 1. The Hall–Kier alpha value is -0.680. The van der Waals surface area contributed by atoms with Crippen LogP contribution in [-0.2, 0) is 9.53 Å². The predicted molar refractivity (Wildman–Crippen MR) is 64.7 cm³/mol. The van der Waals surface area contributed by atoms with Gasteiger partial charge in [-0.05, 0) is 20.8 Å². The molecular formula is C10H20N2O2S. The number of nitrogens with one attached hydrogen (secondary N) is 1. The number of rotatable bonds is 5. The predicted octanol–water partition coefficient (Wildman–Crippen LogP) is 0.840. The second-order valence-corrected chi connectivity index (χ2v) is 4.98. The molecule has 1 unspecified atom stereocenters. The van der Waals surface area contributed by atoms with E-state index in [1.807, 2.05) is 27.7 Å². The molecule has 0 bridgehead atoms. The maximum atomic E-state index is 11.3. The lowest BCUT2D eigenvalue weighted by molar-refractivity contribution is -0.130. The molecule has 0 aromatic rings. The van der Waals surface area contributed by atoms with Crippen LogP contribution in [0.2, 0.25) is 0 Å². The lowest BCUT2D eigenvalue weighted by Crippen LogP contribution is -2.37. The van der Waals surface area contributed by atoms with Gasteiger partial charge in [-0.2, -0.15) is 0 Å². The second kappa shape index (κ2) is 6.02. The Kier molecular flexibility index (Phi) is 5.75. The van der Waals surface area contributed by atoms with Crippen LogP contribution >= 0.6 is 12.2 Å². The largest absolute Gasteiger partial charge is 0.393 e. The third kappa shape index (κ3) is 8.32. The average molecular weight is 232 g/mol. The van der Waals surface area contributed by atoms with Crippen molar-refractivity contribution < 1.29 is 9.53 Å². The molecule has 5 heteroatoms. The van der Waals surface area contributed by atoms with Gasteiger partial charge in [0.2, 0.25) is 5.91 Å². The average Bonchev–Trinajstić information content (AvgIpc) is 2.09. The van der Waals surface area contributed by atoms with E-state index in [9.17, 15) is 4.79 Å². The summed E-state index contributed by atoms with van der Waals surface area (Å²) in [6.45, 7) is 8.09. The van der Waals surface area contributed by atoms with E-state index in [1.165, 1.54) is 0 Å². The van der Waals surface area contributed by atoms with Crippen molar-refractivity contribution in [1.29, 1.82) is 0 Å². The standard InChI is InChI=1S/C10H20N2O2S/c1-7(9(11)15)5-12-8(13)6-14-10(2,3)4/h7H,5-6H2,1-4H3,(H2,11,15)(H,12,13). The summed E-state index contributed by atoms with van der Waals surface area (Å²) in [6.07, 6.45) is 0. The fourth-order valence-corrected chi connectivity index (χ4v) is 0.784. The van der Waals surface area contributed by atoms with Crippen molar-refractivity contribution in [1.82, 2.24) is 5.32 Å². The molecule has 15 heavy (non-hydrogen) atoms. The van der Waals surface area contributed by atoms with Crippen molar-refractivity contribution in [3.63, 3.8) is 0 Å². The van der Waals surface area contributed by atoms with Crippen molar-refractivity contribution in [3.05, 3.63) is 0 Å².